The standard InChI is InChI=1S/C14H16ClN3/c1-18(9-11-3-2-4-13(15)7-11)10-12-5-6-17-14(16)8-12/h2-8H,9-10H2,1H3,(H2,16,17). The number of nitrogens with two attached hydrogens (primary N) is 1. The summed E-state index contributed by atoms with van der Waals surface area (Å²) in [5.74, 6) is 0.559. The molecule has 0 aliphatic rings. The van der Waals surface area contributed by atoms with E-state index in [0.29, 0.717) is 5.82 Å². The molecule has 0 bridgehead atoms. The van der Waals surface area contributed by atoms with Crippen LogP contribution >= 0.6 is 11.6 Å². The smallest absolute Gasteiger partial charge is 0.123 e. The van der Waals surface area contributed by atoms with Crippen molar-refractivity contribution < 1.29 is 0 Å². The van der Waals surface area contributed by atoms with Crippen LogP contribution in [0.2, 0.25) is 5.02 Å². The Kier molecular flexibility index (Phi) is 4.18. The largest absolute Gasteiger partial charge is 0.384 e. The van der Waals surface area contributed by atoms with E-state index in [-0.39, 0.29) is 0 Å². The molecule has 1 aromatic heterocycles. The second kappa shape index (κ2) is 5.85. The van der Waals surface area contributed by atoms with Gasteiger partial charge >= 0.3 is 0 Å². The Morgan fingerprint density at radius 1 is 1.17 bits per heavy atom. The van der Waals surface area contributed by atoms with E-state index in [0.717, 1.165) is 23.7 Å². The van der Waals surface area contributed by atoms with Gasteiger partial charge in [-0.1, -0.05) is 23.7 Å². The average molecular weight is 262 g/mol. The van der Waals surface area contributed by atoms with Crippen molar-refractivity contribution in [3.8, 4) is 0 Å². The second-order valence-corrected chi connectivity index (χ2v) is 4.83. The number of aromatic nitrogens is 1. The molecule has 3 nitrogen and oxygen atoms in total. The molecule has 2 aromatic rings. The molecule has 0 amide bonds. The van der Waals surface area contributed by atoms with Crippen LogP contribution in [0.5, 0.6) is 0 Å². The summed E-state index contributed by atoms with van der Waals surface area (Å²) in [4.78, 5) is 6.19. The monoisotopic (exact) mass is 261 g/mol. The number of hydrogen-bond donors (Lipinski definition) is 1. The zero-order valence-corrected chi connectivity index (χ0v) is 11.1. The van der Waals surface area contributed by atoms with E-state index in [1.54, 1.807) is 6.20 Å². The zero-order valence-electron chi connectivity index (χ0n) is 10.3. The highest BCUT2D eigenvalue weighted by atomic mass is 35.5. The molecule has 0 spiro atoms. The number of pyridine rings is 1. The highest BCUT2D eigenvalue weighted by Gasteiger charge is 2.03. The van der Waals surface area contributed by atoms with Gasteiger partial charge in [-0.25, -0.2) is 4.98 Å². The predicted octanol–water partition coefficient (Wildman–Crippen LogP) is 2.95. The van der Waals surface area contributed by atoms with Crippen molar-refractivity contribution >= 4 is 17.4 Å². The van der Waals surface area contributed by atoms with Crippen LogP contribution in [0, 0.1) is 0 Å². The SMILES string of the molecule is CN(Cc1cccc(Cl)c1)Cc1ccnc(N)c1. The lowest BCUT2D eigenvalue weighted by Gasteiger charge is -2.17. The van der Waals surface area contributed by atoms with Gasteiger partial charge in [0.05, 0.1) is 0 Å². The first kappa shape index (κ1) is 12.9. The summed E-state index contributed by atoms with van der Waals surface area (Å²) in [5.41, 5.74) is 8.02. The molecule has 1 aromatic carbocycles. The Labute approximate surface area is 112 Å². The lowest BCUT2D eigenvalue weighted by molar-refractivity contribution is 0.319. The van der Waals surface area contributed by atoms with Crippen molar-refractivity contribution in [2.75, 3.05) is 12.8 Å². The number of nitrogen functional groups attached to an aromatic ring is 1. The average Bonchev–Trinajstić information content (AvgIpc) is 2.28. The molecule has 2 N–H and O–H groups in total. The van der Waals surface area contributed by atoms with Crippen molar-refractivity contribution in [3.63, 3.8) is 0 Å². The first-order valence-electron chi connectivity index (χ1n) is 5.77. The van der Waals surface area contributed by atoms with Gasteiger partial charge in [0.1, 0.15) is 5.82 Å². The fourth-order valence-corrected chi connectivity index (χ4v) is 2.12. The van der Waals surface area contributed by atoms with Gasteiger partial charge in [0.2, 0.25) is 0 Å². The van der Waals surface area contributed by atoms with Gasteiger partial charge in [-0.3, -0.25) is 4.90 Å². The van der Waals surface area contributed by atoms with Gasteiger partial charge in [0, 0.05) is 24.3 Å². The lowest BCUT2D eigenvalue weighted by atomic mass is 10.2. The van der Waals surface area contributed by atoms with Gasteiger partial charge in [0.25, 0.3) is 0 Å². The lowest BCUT2D eigenvalue weighted by Crippen LogP contribution is -2.17. The minimum atomic E-state index is 0.559. The summed E-state index contributed by atoms with van der Waals surface area (Å²) in [6.07, 6.45) is 1.73. The maximum absolute atomic E-state index is 5.97. The second-order valence-electron chi connectivity index (χ2n) is 4.39. The Bertz CT molecular complexity index is 480. The first-order chi connectivity index (χ1) is 8.63. The fourth-order valence-electron chi connectivity index (χ4n) is 1.91. The Balaban J connectivity index is 1.98. The Morgan fingerprint density at radius 3 is 2.56 bits per heavy atom. The van der Waals surface area contributed by atoms with Gasteiger partial charge in [-0.15, -0.1) is 0 Å². The van der Waals surface area contributed by atoms with E-state index in [9.17, 15) is 0 Å². The summed E-state index contributed by atoms with van der Waals surface area (Å²) in [6.45, 7) is 1.68. The van der Waals surface area contributed by atoms with Crippen LogP contribution in [-0.4, -0.2) is 16.9 Å². The minimum absolute atomic E-state index is 0.559. The number of anilines is 1. The van der Waals surface area contributed by atoms with E-state index < -0.39 is 0 Å². The maximum atomic E-state index is 5.97. The van der Waals surface area contributed by atoms with Crippen LogP contribution in [0.15, 0.2) is 42.6 Å². The molecule has 94 valence electrons. The summed E-state index contributed by atoms with van der Waals surface area (Å²) in [7, 11) is 2.07. The van der Waals surface area contributed by atoms with Crippen LogP contribution in [-0.2, 0) is 13.1 Å². The quantitative estimate of drug-likeness (QED) is 0.920. The highest BCUT2D eigenvalue weighted by Crippen LogP contribution is 2.13. The summed E-state index contributed by atoms with van der Waals surface area (Å²) in [6, 6.07) is 11.8. The number of halogens is 1. The molecule has 1 heterocycles. The molecule has 0 aliphatic heterocycles. The maximum Gasteiger partial charge on any atom is 0.123 e. The van der Waals surface area contributed by atoms with Gasteiger partial charge in [-0.05, 0) is 42.4 Å². The number of hydrogen-bond acceptors (Lipinski definition) is 3. The van der Waals surface area contributed by atoms with E-state index in [4.69, 9.17) is 17.3 Å². The van der Waals surface area contributed by atoms with E-state index in [1.165, 1.54) is 5.56 Å². The topological polar surface area (TPSA) is 42.2 Å². The van der Waals surface area contributed by atoms with E-state index >= 15 is 0 Å². The normalized spacial score (nSPS) is 10.8. The molecule has 0 fully saturated rings. The van der Waals surface area contributed by atoms with Gasteiger partial charge in [0.15, 0.2) is 0 Å². The minimum Gasteiger partial charge on any atom is -0.384 e. The molecule has 4 heteroatoms. The molecular weight excluding hydrogens is 246 g/mol. The van der Waals surface area contributed by atoms with Crippen LogP contribution in [0.1, 0.15) is 11.1 Å². The predicted molar refractivity (Wildman–Crippen MR) is 75.3 cm³/mol. The van der Waals surface area contributed by atoms with Crippen molar-refractivity contribution in [2.45, 2.75) is 13.1 Å². The summed E-state index contributed by atoms with van der Waals surface area (Å²) < 4.78 is 0. The molecule has 0 unspecified atom stereocenters. The molecule has 2 rings (SSSR count). The third-order valence-electron chi connectivity index (χ3n) is 2.64. The third kappa shape index (κ3) is 3.72. The van der Waals surface area contributed by atoms with E-state index in [1.807, 2.05) is 30.3 Å². The summed E-state index contributed by atoms with van der Waals surface area (Å²) >= 11 is 5.97. The van der Waals surface area contributed by atoms with Crippen molar-refractivity contribution in [2.24, 2.45) is 0 Å². The van der Waals surface area contributed by atoms with Crippen molar-refractivity contribution in [1.82, 2.24) is 9.88 Å². The molecule has 0 saturated carbocycles. The first-order valence-corrected chi connectivity index (χ1v) is 6.14. The molecule has 0 aliphatic carbocycles. The van der Waals surface area contributed by atoms with Crippen molar-refractivity contribution in [3.05, 3.63) is 58.7 Å². The Morgan fingerprint density at radius 2 is 1.89 bits per heavy atom. The zero-order chi connectivity index (χ0) is 13.0. The van der Waals surface area contributed by atoms with Gasteiger partial charge in [-0.2, -0.15) is 0 Å². The number of nitrogens with zero attached hydrogens (tertiary/aromatic N) is 2. The molecule has 0 radical (unpaired) electrons. The van der Waals surface area contributed by atoms with Crippen LogP contribution in [0.4, 0.5) is 5.82 Å². The van der Waals surface area contributed by atoms with Crippen molar-refractivity contribution in [1.29, 1.82) is 0 Å². The molecular formula is C14H16ClN3. The third-order valence-corrected chi connectivity index (χ3v) is 2.87. The fraction of sp³-hybridized carbons (Fsp3) is 0.214. The molecule has 0 atom stereocenters. The Hall–Kier alpha value is -1.58. The number of benzene rings is 1. The van der Waals surface area contributed by atoms with Crippen LogP contribution in [0.25, 0.3) is 0 Å². The van der Waals surface area contributed by atoms with Crippen LogP contribution < -0.4 is 5.73 Å². The highest BCUT2D eigenvalue weighted by molar-refractivity contribution is 6.30. The molecule has 0 saturated heterocycles. The van der Waals surface area contributed by atoms with Gasteiger partial charge < -0.3 is 5.73 Å². The number of rotatable bonds is 4. The van der Waals surface area contributed by atoms with E-state index in [2.05, 4.69) is 23.0 Å². The molecule has 18 heavy (non-hydrogen) atoms. The van der Waals surface area contributed by atoms with Crippen LogP contribution in [0.3, 0.4) is 0 Å². The summed E-state index contributed by atoms with van der Waals surface area (Å²) in [5, 5.41) is 0.772.